The van der Waals surface area contributed by atoms with Crippen LogP contribution in [0.5, 0.6) is 0 Å². The number of aromatic nitrogens is 1. The molecule has 0 aromatic carbocycles. The van der Waals surface area contributed by atoms with Crippen molar-refractivity contribution < 1.29 is 13.9 Å². The van der Waals surface area contributed by atoms with E-state index in [-0.39, 0.29) is 0 Å². The molecule has 20 heavy (non-hydrogen) atoms. The van der Waals surface area contributed by atoms with E-state index in [2.05, 4.69) is 16.8 Å². The topological polar surface area (TPSA) is 44.5 Å². The van der Waals surface area contributed by atoms with Crippen LogP contribution < -0.4 is 0 Å². The summed E-state index contributed by atoms with van der Waals surface area (Å²) in [6, 6.07) is 1.90. The van der Waals surface area contributed by atoms with E-state index in [1.807, 2.05) is 26.8 Å². The summed E-state index contributed by atoms with van der Waals surface area (Å²) < 4.78 is 17.0. The lowest BCUT2D eigenvalue weighted by Crippen LogP contribution is -2.07. The number of rotatable bonds is 5. The maximum absolute atomic E-state index is 5.87. The number of pyridine rings is 1. The molecule has 106 valence electrons. The number of ether oxygens (including phenoxy) is 2. The predicted molar refractivity (Wildman–Crippen MR) is 77.2 cm³/mol. The predicted octanol–water partition coefficient (Wildman–Crippen LogP) is 3.66. The fourth-order valence-electron chi connectivity index (χ4n) is 1.89. The Bertz CT molecular complexity index is 615. The van der Waals surface area contributed by atoms with Gasteiger partial charge in [0.1, 0.15) is 0 Å². The van der Waals surface area contributed by atoms with Crippen molar-refractivity contribution in [2.24, 2.45) is 0 Å². The standard InChI is InChI=1S/C16H19NO3/c1-4-7-8-12-10-17-11-13-9-14(20-15(12)13)16(18-5-2)19-6-3/h9-11,16H,4-6H2,1-3H3. The molecular weight excluding hydrogens is 254 g/mol. The van der Waals surface area contributed by atoms with Crippen molar-refractivity contribution in [1.29, 1.82) is 0 Å². The molecule has 2 heterocycles. The van der Waals surface area contributed by atoms with Gasteiger partial charge in [0.05, 0.1) is 5.56 Å². The van der Waals surface area contributed by atoms with Gasteiger partial charge in [-0.25, -0.2) is 0 Å². The van der Waals surface area contributed by atoms with Crippen LogP contribution in [0.3, 0.4) is 0 Å². The molecule has 0 spiro atoms. The van der Waals surface area contributed by atoms with E-state index in [1.165, 1.54) is 0 Å². The van der Waals surface area contributed by atoms with E-state index >= 15 is 0 Å². The third kappa shape index (κ3) is 3.19. The van der Waals surface area contributed by atoms with Gasteiger partial charge in [-0.05, 0) is 19.9 Å². The van der Waals surface area contributed by atoms with Gasteiger partial charge >= 0.3 is 0 Å². The summed E-state index contributed by atoms with van der Waals surface area (Å²) in [5.41, 5.74) is 1.53. The molecule has 0 unspecified atom stereocenters. The highest BCUT2D eigenvalue weighted by atomic mass is 16.7. The van der Waals surface area contributed by atoms with Crippen LogP contribution in [0.25, 0.3) is 11.0 Å². The molecule has 2 aromatic rings. The fourth-order valence-corrected chi connectivity index (χ4v) is 1.89. The largest absolute Gasteiger partial charge is 0.454 e. The maximum atomic E-state index is 5.87. The lowest BCUT2D eigenvalue weighted by molar-refractivity contribution is -0.150. The highest BCUT2D eigenvalue weighted by Gasteiger charge is 2.18. The van der Waals surface area contributed by atoms with Gasteiger partial charge in [0.15, 0.2) is 11.3 Å². The first-order valence-electron chi connectivity index (χ1n) is 6.89. The first-order chi connectivity index (χ1) is 9.80. The number of hydrogen-bond acceptors (Lipinski definition) is 4. The van der Waals surface area contributed by atoms with E-state index in [4.69, 9.17) is 13.9 Å². The molecule has 0 radical (unpaired) electrons. The lowest BCUT2D eigenvalue weighted by atomic mass is 10.2. The van der Waals surface area contributed by atoms with Gasteiger partial charge in [0.2, 0.25) is 6.29 Å². The van der Waals surface area contributed by atoms with Gasteiger partial charge in [-0.2, -0.15) is 0 Å². The number of furan rings is 1. The zero-order valence-corrected chi connectivity index (χ0v) is 12.1. The molecule has 4 heteroatoms. The van der Waals surface area contributed by atoms with Crippen molar-refractivity contribution >= 4 is 11.0 Å². The van der Waals surface area contributed by atoms with Crippen molar-refractivity contribution in [3.63, 3.8) is 0 Å². The highest BCUT2D eigenvalue weighted by molar-refractivity contribution is 5.82. The van der Waals surface area contributed by atoms with Crippen LogP contribution in [-0.4, -0.2) is 18.2 Å². The molecule has 0 aliphatic carbocycles. The fraction of sp³-hybridized carbons (Fsp3) is 0.438. The second kappa shape index (κ2) is 7.09. The van der Waals surface area contributed by atoms with Gasteiger partial charge in [0.25, 0.3) is 0 Å². The molecule has 2 rings (SSSR count). The SMILES string of the molecule is CCC#Cc1cncc2cc(C(OCC)OCC)oc12. The van der Waals surface area contributed by atoms with E-state index < -0.39 is 6.29 Å². The molecule has 0 amide bonds. The van der Waals surface area contributed by atoms with Crippen LogP contribution in [0.1, 0.15) is 44.8 Å². The summed E-state index contributed by atoms with van der Waals surface area (Å²) in [7, 11) is 0. The molecule has 0 saturated heterocycles. The van der Waals surface area contributed by atoms with Crippen LogP contribution in [0, 0.1) is 11.8 Å². The highest BCUT2D eigenvalue weighted by Crippen LogP contribution is 2.28. The molecule has 0 saturated carbocycles. The van der Waals surface area contributed by atoms with Crippen LogP contribution in [0.4, 0.5) is 0 Å². The third-order valence-electron chi connectivity index (χ3n) is 2.71. The van der Waals surface area contributed by atoms with Gasteiger partial charge in [-0.3, -0.25) is 4.98 Å². The minimum absolute atomic E-state index is 0.482. The molecule has 0 N–H and O–H groups in total. The van der Waals surface area contributed by atoms with E-state index in [0.29, 0.717) is 19.0 Å². The van der Waals surface area contributed by atoms with Crippen LogP contribution in [0.2, 0.25) is 0 Å². The van der Waals surface area contributed by atoms with E-state index in [1.54, 1.807) is 12.4 Å². The quantitative estimate of drug-likeness (QED) is 0.616. The van der Waals surface area contributed by atoms with Crippen LogP contribution in [0.15, 0.2) is 22.9 Å². The average molecular weight is 273 g/mol. The Morgan fingerprint density at radius 2 is 1.95 bits per heavy atom. The zero-order chi connectivity index (χ0) is 14.4. The summed E-state index contributed by atoms with van der Waals surface area (Å²) in [6.45, 7) is 6.97. The monoisotopic (exact) mass is 273 g/mol. The van der Waals surface area contributed by atoms with E-state index in [0.717, 1.165) is 23.0 Å². The maximum Gasteiger partial charge on any atom is 0.217 e. The minimum atomic E-state index is -0.482. The molecule has 4 nitrogen and oxygen atoms in total. The van der Waals surface area contributed by atoms with E-state index in [9.17, 15) is 0 Å². The molecular formula is C16H19NO3. The summed E-state index contributed by atoms with van der Waals surface area (Å²) in [5, 5.41) is 0.910. The Balaban J connectivity index is 2.41. The Labute approximate surface area is 119 Å². The molecule has 0 aliphatic rings. The normalized spacial score (nSPS) is 10.8. The number of nitrogens with zero attached hydrogens (tertiary/aromatic N) is 1. The van der Waals surface area contributed by atoms with Crippen LogP contribution >= 0.6 is 0 Å². The Hall–Kier alpha value is -1.83. The van der Waals surface area contributed by atoms with Crippen molar-refractivity contribution in [2.45, 2.75) is 33.5 Å². The minimum Gasteiger partial charge on any atom is -0.454 e. The molecule has 0 fully saturated rings. The summed E-state index contributed by atoms with van der Waals surface area (Å²) in [5.74, 6) is 6.75. The molecule has 0 atom stereocenters. The summed E-state index contributed by atoms with van der Waals surface area (Å²) in [4.78, 5) is 4.19. The number of hydrogen-bond donors (Lipinski definition) is 0. The number of fused-ring (bicyclic) bond motifs is 1. The van der Waals surface area contributed by atoms with Gasteiger partial charge in [-0.15, -0.1) is 0 Å². The van der Waals surface area contributed by atoms with Gasteiger partial charge in [0, 0.05) is 37.4 Å². The first-order valence-corrected chi connectivity index (χ1v) is 6.89. The van der Waals surface area contributed by atoms with Crippen molar-refractivity contribution in [1.82, 2.24) is 4.98 Å². The smallest absolute Gasteiger partial charge is 0.217 e. The van der Waals surface area contributed by atoms with Crippen molar-refractivity contribution in [2.75, 3.05) is 13.2 Å². The first kappa shape index (κ1) is 14.6. The Kier molecular flexibility index (Phi) is 5.16. The average Bonchev–Trinajstić information content (AvgIpc) is 2.89. The van der Waals surface area contributed by atoms with Crippen LogP contribution in [-0.2, 0) is 9.47 Å². The van der Waals surface area contributed by atoms with Crippen molar-refractivity contribution in [3.05, 3.63) is 29.8 Å². The second-order valence-corrected chi connectivity index (χ2v) is 4.15. The second-order valence-electron chi connectivity index (χ2n) is 4.15. The van der Waals surface area contributed by atoms with Gasteiger partial charge < -0.3 is 13.9 Å². The zero-order valence-electron chi connectivity index (χ0n) is 12.1. The Morgan fingerprint density at radius 1 is 1.20 bits per heavy atom. The third-order valence-corrected chi connectivity index (χ3v) is 2.71. The molecule has 0 aliphatic heterocycles. The molecule has 2 aromatic heterocycles. The summed E-state index contributed by atoms with van der Waals surface area (Å²) in [6.07, 6.45) is 3.79. The Morgan fingerprint density at radius 3 is 2.60 bits per heavy atom. The van der Waals surface area contributed by atoms with Crippen molar-refractivity contribution in [3.8, 4) is 11.8 Å². The lowest BCUT2D eigenvalue weighted by Gasteiger charge is -2.13. The molecule has 0 bridgehead atoms. The van der Waals surface area contributed by atoms with Gasteiger partial charge in [-0.1, -0.05) is 18.8 Å². The summed E-state index contributed by atoms with van der Waals surface area (Å²) >= 11 is 0.